The van der Waals surface area contributed by atoms with Crippen molar-refractivity contribution in [1.29, 1.82) is 0 Å². The zero-order valence-electron chi connectivity index (χ0n) is 9.87. The number of hydrogen-bond acceptors (Lipinski definition) is 3. The highest BCUT2D eigenvalue weighted by molar-refractivity contribution is 5.26. The molecule has 2 aliphatic rings. The second-order valence-corrected chi connectivity index (χ2v) is 5.06. The Labute approximate surface area is 96.7 Å². The molecule has 3 rings (SSSR count). The molecule has 0 spiro atoms. The van der Waals surface area contributed by atoms with E-state index < -0.39 is 0 Å². The standard InChI is InChI=1S/C13H19N3/c1-14-7-10-3-2-4-11-8-15-13(9-5-6-9)16-12(10)11/h8-10,14H,2-7H2,1H3. The average Bonchev–Trinajstić information content (AvgIpc) is 3.13. The van der Waals surface area contributed by atoms with Crippen LogP contribution in [0.1, 0.15) is 54.6 Å². The highest BCUT2D eigenvalue weighted by Crippen LogP contribution is 2.39. The van der Waals surface area contributed by atoms with Crippen LogP contribution < -0.4 is 5.32 Å². The molecular formula is C13H19N3. The van der Waals surface area contributed by atoms with Gasteiger partial charge in [-0.15, -0.1) is 0 Å². The third-order valence-corrected chi connectivity index (χ3v) is 3.70. The molecule has 3 nitrogen and oxygen atoms in total. The Kier molecular flexibility index (Phi) is 2.64. The summed E-state index contributed by atoms with van der Waals surface area (Å²) in [6.07, 6.45) is 8.38. The molecule has 0 aromatic carbocycles. The van der Waals surface area contributed by atoms with Crippen molar-refractivity contribution in [1.82, 2.24) is 15.3 Å². The summed E-state index contributed by atoms with van der Waals surface area (Å²) in [5.41, 5.74) is 2.72. The van der Waals surface area contributed by atoms with E-state index in [1.807, 2.05) is 7.05 Å². The molecule has 1 aromatic heterocycles. The first-order chi connectivity index (χ1) is 7.88. The maximum Gasteiger partial charge on any atom is 0.131 e. The van der Waals surface area contributed by atoms with Crippen LogP contribution in [0.4, 0.5) is 0 Å². The van der Waals surface area contributed by atoms with E-state index in [9.17, 15) is 0 Å². The van der Waals surface area contributed by atoms with Gasteiger partial charge in [0.1, 0.15) is 5.82 Å². The molecule has 16 heavy (non-hydrogen) atoms. The lowest BCUT2D eigenvalue weighted by Gasteiger charge is -2.24. The van der Waals surface area contributed by atoms with Gasteiger partial charge in [0, 0.05) is 24.6 Å². The van der Waals surface area contributed by atoms with Crippen molar-refractivity contribution in [2.75, 3.05) is 13.6 Å². The summed E-state index contributed by atoms with van der Waals surface area (Å²) in [5.74, 6) is 2.37. The zero-order valence-corrected chi connectivity index (χ0v) is 9.87. The van der Waals surface area contributed by atoms with Gasteiger partial charge in [-0.25, -0.2) is 9.97 Å². The third-order valence-electron chi connectivity index (χ3n) is 3.70. The summed E-state index contributed by atoms with van der Waals surface area (Å²) >= 11 is 0. The predicted molar refractivity (Wildman–Crippen MR) is 63.6 cm³/mol. The van der Waals surface area contributed by atoms with Gasteiger partial charge in [0.2, 0.25) is 0 Å². The lowest BCUT2D eigenvalue weighted by molar-refractivity contribution is 0.510. The monoisotopic (exact) mass is 217 g/mol. The Morgan fingerprint density at radius 2 is 2.25 bits per heavy atom. The third kappa shape index (κ3) is 1.84. The molecule has 0 amide bonds. The fraction of sp³-hybridized carbons (Fsp3) is 0.692. The second kappa shape index (κ2) is 4.13. The highest BCUT2D eigenvalue weighted by Gasteiger charge is 2.29. The van der Waals surface area contributed by atoms with Gasteiger partial charge in [0.15, 0.2) is 0 Å². The van der Waals surface area contributed by atoms with Gasteiger partial charge in [0.25, 0.3) is 0 Å². The predicted octanol–water partition coefficient (Wildman–Crippen LogP) is 1.99. The highest BCUT2D eigenvalue weighted by atomic mass is 14.9. The molecule has 1 saturated carbocycles. The minimum atomic E-state index is 0.606. The summed E-state index contributed by atoms with van der Waals surface area (Å²) < 4.78 is 0. The van der Waals surface area contributed by atoms with Gasteiger partial charge in [-0.05, 0) is 44.7 Å². The summed E-state index contributed by atoms with van der Waals surface area (Å²) in [4.78, 5) is 9.34. The number of aromatic nitrogens is 2. The fourth-order valence-corrected chi connectivity index (χ4v) is 2.64. The zero-order chi connectivity index (χ0) is 11.0. The number of nitrogens with one attached hydrogen (secondary N) is 1. The average molecular weight is 217 g/mol. The first-order valence-electron chi connectivity index (χ1n) is 6.39. The molecule has 86 valence electrons. The molecule has 2 aliphatic carbocycles. The summed E-state index contributed by atoms with van der Waals surface area (Å²) in [7, 11) is 2.03. The topological polar surface area (TPSA) is 37.8 Å². The van der Waals surface area contributed by atoms with Crippen LogP contribution in [0.3, 0.4) is 0 Å². The van der Waals surface area contributed by atoms with Crippen LogP contribution in [-0.4, -0.2) is 23.6 Å². The van der Waals surface area contributed by atoms with E-state index >= 15 is 0 Å². The maximum atomic E-state index is 4.82. The van der Waals surface area contributed by atoms with Crippen molar-refractivity contribution < 1.29 is 0 Å². The smallest absolute Gasteiger partial charge is 0.131 e. The maximum absolute atomic E-state index is 4.82. The Bertz CT molecular complexity index is 385. The molecule has 0 aliphatic heterocycles. The van der Waals surface area contributed by atoms with Gasteiger partial charge in [-0.2, -0.15) is 0 Å². The van der Waals surface area contributed by atoms with E-state index in [2.05, 4.69) is 16.5 Å². The van der Waals surface area contributed by atoms with Crippen LogP contribution >= 0.6 is 0 Å². The van der Waals surface area contributed by atoms with Crippen molar-refractivity contribution >= 4 is 0 Å². The van der Waals surface area contributed by atoms with Crippen molar-refractivity contribution in [2.24, 2.45) is 0 Å². The lowest BCUT2D eigenvalue weighted by atomic mass is 9.87. The quantitative estimate of drug-likeness (QED) is 0.841. The largest absolute Gasteiger partial charge is 0.319 e. The van der Waals surface area contributed by atoms with E-state index in [-0.39, 0.29) is 0 Å². The van der Waals surface area contributed by atoms with Crippen molar-refractivity contribution in [3.63, 3.8) is 0 Å². The van der Waals surface area contributed by atoms with E-state index in [0.29, 0.717) is 11.8 Å². The lowest BCUT2D eigenvalue weighted by Crippen LogP contribution is -2.23. The van der Waals surface area contributed by atoms with Crippen LogP contribution in [-0.2, 0) is 6.42 Å². The van der Waals surface area contributed by atoms with E-state index in [0.717, 1.165) is 12.4 Å². The number of likely N-dealkylation sites (N-methyl/N-ethyl adjacent to an activating group) is 1. The minimum Gasteiger partial charge on any atom is -0.319 e. The van der Waals surface area contributed by atoms with Gasteiger partial charge < -0.3 is 5.32 Å². The van der Waals surface area contributed by atoms with Gasteiger partial charge in [0.05, 0.1) is 5.69 Å². The Morgan fingerprint density at radius 1 is 1.38 bits per heavy atom. The molecule has 1 N–H and O–H groups in total. The van der Waals surface area contributed by atoms with Gasteiger partial charge >= 0.3 is 0 Å². The first-order valence-corrected chi connectivity index (χ1v) is 6.39. The van der Waals surface area contributed by atoms with Crippen molar-refractivity contribution in [2.45, 2.75) is 43.9 Å². The van der Waals surface area contributed by atoms with Crippen molar-refractivity contribution in [3.8, 4) is 0 Å². The molecule has 1 heterocycles. The minimum absolute atomic E-state index is 0.606. The molecule has 0 saturated heterocycles. The Morgan fingerprint density at radius 3 is 3.00 bits per heavy atom. The molecule has 1 unspecified atom stereocenters. The molecule has 1 atom stereocenters. The van der Waals surface area contributed by atoms with Crippen LogP contribution in [0.2, 0.25) is 0 Å². The van der Waals surface area contributed by atoms with E-state index in [1.165, 1.54) is 43.4 Å². The molecule has 3 heteroatoms. The van der Waals surface area contributed by atoms with Crippen LogP contribution in [0.25, 0.3) is 0 Å². The SMILES string of the molecule is CNCC1CCCc2cnc(C3CC3)nc21. The molecule has 0 bridgehead atoms. The molecule has 1 aromatic rings. The van der Waals surface area contributed by atoms with Crippen molar-refractivity contribution in [3.05, 3.63) is 23.3 Å². The van der Waals surface area contributed by atoms with Gasteiger partial charge in [-0.3, -0.25) is 0 Å². The van der Waals surface area contributed by atoms with Crippen LogP contribution in [0.5, 0.6) is 0 Å². The second-order valence-electron chi connectivity index (χ2n) is 5.06. The number of fused-ring (bicyclic) bond motifs is 1. The Hall–Kier alpha value is -0.960. The normalized spacial score (nSPS) is 24.2. The van der Waals surface area contributed by atoms with E-state index in [1.54, 1.807) is 0 Å². The summed E-state index contributed by atoms with van der Waals surface area (Å²) in [6, 6.07) is 0. The number of aryl methyl sites for hydroxylation is 1. The summed E-state index contributed by atoms with van der Waals surface area (Å²) in [6.45, 7) is 1.05. The molecular weight excluding hydrogens is 198 g/mol. The van der Waals surface area contributed by atoms with E-state index in [4.69, 9.17) is 4.98 Å². The summed E-state index contributed by atoms with van der Waals surface area (Å²) in [5, 5.41) is 3.28. The van der Waals surface area contributed by atoms with Crippen LogP contribution in [0.15, 0.2) is 6.20 Å². The number of nitrogens with zero attached hydrogens (tertiary/aromatic N) is 2. The fourth-order valence-electron chi connectivity index (χ4n) is 2.64. The van der Waals surface area contributed by atoms with Crippen LogP contribution in [0, 0.1) is 0 Å². The van der Waals surface area contributed by atoms with Gasteiger partial charge in [-0.1, -0.05) is 0 Å². The molecule has 1 fully saturated rings. The number of hydrogen-bond donors (Lipinski definition) is 1. The Balaban J connectivity index is 1.92. The molecule has 0 radical (unpaired) electrons. The number of rotatable bonds is 3. The first kappa shape index (κ1) is 10.2.